The summed E-state index contributed by atoms with van der Waals surface area (Å²) in [5.74, 6) is -1.54. The second-order valence-electron chi connectivity index (χ2n) is 7.20. The number of carbonyl (C=O) groups is 3. The van der Waals surface area contributed by atoms with E-state index < -0.39 is 17.9 Å². The number of carbonyl (C=O) groups excluding carboxylic acids is 2. The van der Waals surface area contributed by atoms with E-state index in [0.29, 0.717) is 18.9 Å². The first-order chi connectivity index (χ1) is 11.9. The summed E-state index contributed by atoms with van der Waals surface area (Å²) in [6.07, 6.45) is 2.65. The van der Waals surface area contributed by atoms with Gasteiger partial charge in [-0.25, -0.2) is 4.79 Å². The Bertz CT molecular complexity index is 711. The summed E-state index contributed by atoms with van der Waals surface area (Å²) < 4.78 is 0. The molecule has 1 heterocycles. The van der Waals surface area contributed by atoms with Gasteiger partial charge in [0.05, 0.1) is 5.92 Å². The van der Waals surface area contributed by atoms with Gasteiger partial charge in [0.15, 0.2) is 0 Å². The van der Waals surface area contributed by atoms with Gasteiger partial charge >= 0.3 is 5.97 Å². The maximum absolute atomic E-state index is 12.5. The molecule has 134 valence electrons. The van der Waals surface area contributed by atoms with Crippen LogP contribution in [0, 0.1) is 25.7 Å². The molecular weight excluding hydrogens is 320 g/mol. The van der Waals surface area contributed by atoms with Crippen LogP contribution in [0.1, 0.15) is 36.8 Å². The Morgan fingerprint density at radius 3 is 2.68 bits per heavy atom. The number of benzene rings is 1. The van der Waals surface area contributed by atoms with Crippen molar-refractivity contribution in [1.82, 2.24) is 5.32 Å². The van der Waals surface area contributed by atoms with Crippen LogP contribution in [0.4, 0.5) is 5.69 Å². The number of aryl methyl sites for hydroxylation is 1. The molecule has 1 saturated heterocycles. The molecule has 6 heteroatoms. The zero-order valence-electron chi connectivity index (χ0n) is 14.6. The maximum Gasteiger partial charge on any atom is 0.326 e. The van der Waals surface area contributed by atoms with E-state index in [2.05, 4.69) is 5.32 Å². The minimum absolute atomic E-state index is 0.0945. The molecule has 1 aromatic rings. The molecule has 2 atom stereocenters. The molecule has 1 saturated carbocycles. The van der Waals surface area contributed by atoms with E-state index in [0.717, 1.165) is 29.7 Å². The fourth-order valence-corrected chi connectivity index (χ4v) is 3.34. The Morgan fingerprint density at radius 2 is 2.04 bits per heavy atom. The van der Waals surface area contributed by atoms with Crippen LogP contribution in [0.5, 0.6) is 0 Å². The lowest BCUT2D eigenvalue weighted by molar-refractivity contribution is -0.142. The Labute approximate surface area is 147 Å². The van der Waals surface area contributed by atoms with Crippen LogP contribution in [-0.2, 0) is 14.4 Å². The van der Waals surface area contributed by atoms with Gasteiger partial charge in [-0.15, -0.1) is 0 Å². The number of rotatable bonds is 6. The number of carboxylic acids is 1. The van der Waals surface area contributed by atoms with E-state index in [1.54, 1.807) is 4.90 Å². The van der Waals surface area contributed by atoms with E-state index in [1.165, 1.54) is 0 Å². The van der Waals surface area contributed by atoms with Crippen LogP contribution in [0.2, 0.25) is 0 Å². The normalized spacial score (nSPS) is 21.3. The van der Waals surface area contributed by atoms with Crippen LogP contribution < -0.4 is 10.2 Å². The van der Waals surface area contributed by atoms with E-state index >= 15 is 0 Å². The van der Waals surface area contributed by atoms with Crippen LogP contribution in [0.15, 0.2) is 18.2 Å². The van der Waals surface area contributed by atoms with Gasteiger partial charge in [0, 0.05) is 18.7 Å². The van der Waals surface area contributed by atoms with Crippen molar-refractivity contribution >= 4 is 23.5 Å². The molecule has 25 heavy (non-hydrogen) atoms. The number of anilines is 1. The summed E-state index contributed by atoms with van der Waals surface area (Å²) in [6.45, 7) is 4.24. The first-order valence-electron chi connectivity index (χ1n) is 8.76. The van der Waals surface area contributed by atoms with Crippen molar-refractivity contribution in [1.29, 1.82) is 0 Å². The highest BCUT2D eigenvalue weighted by Crippen LogP contribution is 2.34. The van der Waals surface area contributed by atoms with Crippen LogP contribution in [-0.4, -0.2) is 35.5 Å². The lowest BCUT2D eigenvalue weighted by Gasteiger charge is -2.21. The number of hydrogen-bond acceptors (Lipinski definition) is 3. The maximum atomic E-state index is 12.5. The lowest BCUT2D eigenvalue weighted by atomic mass is 10.1. The quantitative estimate of drug-likeness (QED) is 0.827. The summed E-state index contributed by atoms with van der Waals surface area (Å²) in [7, 11) is 0. The zero-order valence-corrected chi connectivity index (χ0v) is 14.6. The molecule has 1 aromatic carbocycles. The Kier molecular flexibility index (Phi) is 4.79. The van der Waals surface area contributed by atoms with Crippen molar-refractivity contribution in [2.75, 3.05) is 11.4 Å². The van der Waals surface area contributed by atoms with Crippen molar-refractivity contribution in [3.63, 3.8) is 0 Å². The Hall–Kier alpha value is -2.37. The average molecular weight is 344 g/mol. The van der Waals surface area contributed by atoms with Gasteiger partial charge in [-0.1, -0.05) is 25.0 Å². The standard InChI is InChI=1S/C19H24N2O4/c1-11-4-3-5-16(12(11)2)21-10-14(9-17(21)22)18(23)20-15(19(24)25)8-13-6-7-13/h3-5,13-15H,6-10H2,1-2H3,(H,20,23)(H,24,25). The summed E-state index contributed by atoms with van der Waals surface area (Å²) in [5.41, 5.74) is 2.94. The molecule has 0 spiro atoms. The lowest BCUT2D eigenvalue weighted by Crippen LogP contribution is -2.44. The summed E-state index contributed by atoms with van der Waals surface area (Å²) in [6, 6.07) is 4.91. The molecule has 2 aliphatic rings. The fraction of sp³-hybridized carbons (Fsp3) is 0.526. The minimum Gasteiger partial charge on any atom is -0.480 e. The van der Waals surface area contributed by atoms with E-state index in [4.69, 9.17) is 0 Å². The predicted molar refractivity (Wildman–Crippen MR) is 93.3 cm³/mol. The third-order valence-corrected chi connectivity index (χ3v) is 5.24. The SMILES string of the molecule is Cc1cccc(N2CC(C(=O)NC(CC3CC3)C(=O)O)CC2=O)c1C. The predicted octanol–water partition coefficient (Wildman–Crippen LogP) is 2.03. The minimum atomic E-state index is -1.00. The molecule has 2 unspecified atom stereocenters. The topological polar surface area (TPSA) is 86.7 Å². The molecule has 0 aromatic heterocycles. The molecule has 1 aliphatic heterocycles. The van der Waals surface area contributed by atoms with Crippen molar-refractivity contribution in [3.8, 4) is 0 Å². The summed E-state index contributed by atoms with van der Waals surface area (Å²) in [5, 5.41) is 11.9. The van der Waals surface area contributed by atoms with Gasteiger partial charge in [0.1, 0.15) is 6.04 Å². The molecule has 3 rings (SSSR count). The number of amides is 2. The van der Waals surface area contributed by atoms with Gasteiger partial charge in [-0.2, -0.15) is 0 Å². The van der Waals surface area contributed by atoms with Crippen LogP contribution in [0.3, 0.4) is 0 Å². The van der Waals surface area contributed by atoms with Crippen molar-refractivity contribution in [2.24, 2.45) is 11.8 Å². The van der Waals surface area contributed by atoms with E-state index in [9.17, 15) is 19.5 Å². The molecule has 0 radical (unpaired) electrons. The fourth-order valence-electron chi connectivity index (χ4n) is 3.34. The van der Waals surface area contributed by atoms with Crippen molar-refractivity contribution in [2.45, 2.75) is 45.6 Å². The number of hydrogen-bond donors (Lipinski definition) is 2. The first-order valence-corrected chi connectivity index (χ1v) is 8.76. The van der Waals surface area contributed by atoms with Crippen LogP contribution in [0.25, 0.3) is 0 Å². The highest BCUT2D eigenvalue weighted by atomic mass is 16.4. The molecule has 1 aliphatic carbocycles. The van der Waals surface area contributed by atoms with Gasteiger partial charge in [0.25, 0.3) is 0 Å². The smallest absolute Gasteiger partial charge is 0.326 e. The van der Waals surface area contributed by atoms with Crippen molar-refractivity contribution in [3.05, 3.63) is 29.3 Å². The highest BCUT2D eigenvalue weighted by molar-refractivity contribution is 6.01. The second-order valence-corrected chi connectivity index (χ2v) is 7.20. The molecule has 2 fully saturated rings. The first kappa shape index (κ1) is 17.5. The third kappa shape index (κ3) is 3.83. The van der Waals surface area contributed by atoms with Crippen LogP contribution >= 0.6 is 0 Å². The number of nitrogens with one attached hydrogen (secondary N) is 1. The molecule has 6 nitrogen and oxygen atoms in total. The highest BCUT2D eigenvalue weighted by Gasteiger charge is 2.38. The van der Waals surface area contributed by atoms with E-state index in [1.807, 2.05) is 32.0 Å². The number of nitrogens with zero attached hydrogens (tertiary/aromatic N) is 1. The van der Waals surface area contributed by atoms with Gasteiger partial charge in [0.2, 0.25) is 11.8 Å². The molecule has 2 amide bonds. The molecule has 0 bridgehead atoms. The summed E-state index contributed by atoms with van der Waals surface area (Å²) in [4.78, 5) is 37.9. The second kappa shape index (κ2) is 6.86. The Morgan fingerprint density at radius 1 is 1.32 bits per heavy atom. The molecule has 2 N–H and O–H groups in total. The molecular formula is C19H24N2O4. The third-order valence-electron chi connectivity index (χ3n) is 5.24. The van der Waals surface area contributed by atoms with E-state index in [-0.39, 0.29) is 18.2 Å². The van der Waals surface area contributed by atoms with Gasteiger partial charge in [-0.05, 0) is 43.4 Å². The monoisotopic (exact) mass is 344 g/mol. The summed E-state index contributed by atoms with van der Waals surface area (Å²) >= 11 is 0. The van der Waals surface area contributed by atoms with Gasteiger partial charge < -0.3 is 15.3 Å². The van der Waals surface area contributed by atoms with Gasteiger partial charge in [-0.3, -0.25) is 9.59 Å². The number of carboxylic acid groups (broad SMARTS) is 1. The average Bonchev–Trinajstić information content (AvgIpc) is 3.29. The largest absolute Gasteiger partial charge is 0.480 e. The van der Waals surface area contributed by atoms with Crippen molar-refractivity contribution < 1.29 is 19.5 Å². The number of aliphatic carboxylic acids is 1. The zero-order chi connectivity index (χ0) is 18.1. The Balaban J connectivity index is 1.67.